The van der Waals surface area contributed by atoms with Gasteiger partial charge in [-0.25, -0.2) is 14.6 Å². The Labute approximate surface area is 148 Å². The molecule has 1 aromatic carbocycles. The SMILES string of the molecule is CCn1c(-c2cnon2)nc2cnc(Sc3cccc(OC)c3)cc21. The molecule has 0 spiro atoms. The van der Waals surface area contributed by atoms with Crippen LogP contribution >= 0.6 is 11.8 Å². The minimum atomic E-state index is 0.611. The molecule has 3 heterocycles. The molecule has 0 bridgehead atoms. The second kappa shape index (κ2) is 6.56. The van der Waals surface area contributed by atoms with E-state index in [1.165, 1.54) is 0 Å². The second-order valence-corrected chi connectivity index (χ2v) is 6.36. The fourth-order valence-corrected chi connectivity index (χ4v) is 3.47. The second-order valence-electron chi connectivity index (χ2n) is 5.26. The number of ether oxygens (including phenoxy) is 1. The van der Waals surface area contributed by atoms with E-state index < -0.39 is 0 Å². The van der Waals surface area contributed by atoms with Crippen LogP contribution in [0.3, 0.4) is 0 Å². The Morgan fingerprint density at radius 2 is 2.16 bits per heavy atom. The zero-order valence-electron chi connectivity index (χ0n) is 13.7. The summed E-state index contributed by atoms with van der Waals surface area (Å²) in [5.41, 5.74) is 2.43. The molecule has 0 saturated heterocycles. The van der Waals surface area contributed by atoms with E-state index in [1.807, 2.05) is 30.3 Å². The van der Waals surface area contributed by atoms with Crippen LogP contribution in [0.4, 0.5) is 0 Å². The third-order valence-corrected chi connectivity index (χ3v) is 4.70. The van der Waals surface area contributed by atoms with E-state index in [4.69, 9.17) is 9.37 Å². The molecule has 4 rings (SSSR count). The van der Waals surface area contributed by atoms with E-state index in [1.54, 1.807) is 31.3 Å². The maximum Gasteiger partial charge on any atom is 0.170 e. The first-order valence-electron chi connectivity index (χ1n) is 7.74. The summed E-state index contributed by atoms with van der Waals surface area (Å²) in [6.45, 7) is 2.82. The van der Waals surface area contributed by atoms with E-state index >= 15 is 0 Å². The Balaban J connectivity index is 1.74. The van der Waals surface area contributed by atoms with Crippen molar-refractivity contribution in [3.05, 3.63) is 42.7 Å². The normalized spacial score (nSPS) is 11.1. The molecule has 0 saturated carbocycles. The number of aryl methyl sites for hydroxylation is 1. The first-order valence-corrected chi connectivity index (χ1v) is 8.56. The van der Waals surface area contributed by atoms with Crippen molar-refractivity contribution < 1.29 is 9.37 Å². The van der Waals surface area contributed by atoms with Gasteiger partial charge in [0.2, 0.25) is 0 Å². The molecule has 0 amide bonds. The summed E-state index contributed by atoms with van der Waals surface area (Å²) in [4.78, 5) is 10.2. The van der Waals surface area contributed by atoms with Gasteiger partial charge < -0.3 is 9.30 Å². The van der Waals surface area contributed by atoms with Crippen molar-refractivity contribution in [1.82, 2.24) is 24.8 Å². The maximum absolute atomic E-state index is 5.27. The van der Waals surface area contributed by atoms with Gasteiger partial charge in [-0.3, -0.25) is 0 Å². The minimum Gasteiger partial charge on any atom is -0.497 e. The predicted octanol–water partition coefficient (Wildman–Crippen LogP) is 3.66. The van der Waals surface area contributed by atoms with E-state index in [0.717, 1.165) is 39.1 Å². The molecule has 0 aliphatic heterocycles. The highest BCUT2D eigenvalue weighted by Crippen LogP contribution is 2.31. The largest absolute Gasteiger partial charge is 0.497 e. The van der Waals surface area contributed by atoms with Crippen LogP contribution in [0.25, 0.3) is 22.6 Å². The lowest BCUT2D eigenvalue weighted by Gasteiger charge is -2.05. The third kappa shape index (κ3) is 2.96. The molecule has 126 valence electrons. The summed E-state index contributed by atoms with van der Waals surface area (Å²) in [6.07, 6.45) is 3.34. The van der Waals surface area contributed by atoms with Crippen molar-refractivity contribution in [1.29, 1.82) is 0 Å². The highest BCUT2D eigenvalue weighted by Gasteiger charge is 2.15. The molecule has 0 aliphatic rings. The molecule has 0 radical (unpaired) electrons. The topological polar surface area (TPSA) is 78.9 Å². The summed E-state index contributed by atoms with van der Waals surface area (Å²) in [6, 6.07) is 9.94. The van der Waals surface area contributed by atoms with Gasteiger partial charge in [0.05, 0.1) is 18.8 Å². The molecular weight excluding hydrogens is 338 g/mol. The average Bonchev–Trinajstić information content (AvgIpc) is 3.28. The number of imidazole rings is 1. The molecule has 25 heavy (non-hydrogen) atoms. The Morgan fingerprint density at radius 3 is 2.92 bits per heavy atom. The molecule has 0 unspecified atom stereocenters. The summed E-state index contributed by atoms with van der Waals surface area (Å²) in [7, 11) is 1.66. The van der Waals surface area contributed by atoms with Gasteiger partial charge in [0.15, 0.2) is 11.5 Å². The predicted molar refractivity (Wildman–Crippen MR) is 93.6 cm³/mol. The van der Waals surface area contributed by atoms with Gasteiger partial charge in [-0.15, -0.1) is 0 Å². The molecule has 0 fully saturated rings. The minimum absolute atomic E-state index is 0.611. The smallest absolute Gasteiger partial charge is 0.170 e. The lowest BCUT2D eigenvalue weighted by Crippen LogP contribution is -1.97. The Morgan fingerprint density at radius 1 is 1.24 bits per heavy atom. The molecule has 0 N–H and O–H groups in total. The summed E-state index contributed by atoms with van der Waals surface area (Å²) < 4.78 is 12.1. The van der Waals surface area contributed by atoms with Crippen LogP contribution in [0.5, 0.6) is 5.75 Å². The van der Waals surface area contributed by atoms with E-state index in [9.17, 15) is 0 Å². The zero-order chi connectivity index (χ0) is 17.2. The number of aromatic nitrogens is 5. The first kappa shape index (κ1) is 15.6. The lowest BCUT2D eigenvalue weighted by atomic mass is 10.3. The Kier molecular flexibility index (Phi) is 4.10. The van der Waals surface area contributed by atoms with Crippen molar-refractivity contribution in [3.63, 3.8) is 0 Å². The van der Waals surface area contributed by atoms with Gasteiger partial charge in [-0.1, -0.05) is 23.0 Å². The van der Waals surface area contributed by atoms with Crippen LogP contribution < -0.4 is 4.74 Å². The van der Waals surface area contributed by atoms with Gasteiger partial charge in [-0.05, 0) is 36.3 Å². The number of pyridine rings is 1. The van der Waals surface area contributed by atoms with Gasteiger partial charge in [0, 0.05) is 11.4 Å². The lowest BCUT2D eigenvalue weighted by molar-refractivity contribution is 0.308. The Bertz CT molecular complexity index is 1010. The quantitative estimate of drug-likeness (QED) is 0.542. The molecule has 8 heteroatoms. The van der Waals surface area contributed by atoms with Crippen molar-refractivity contribution >= 4 is 22.8 Å². The monoisotopic (exact) mass is 353 g/mol. The number of fused-ring (bicyclic) bond motifs is 1. The molecule has 7 nitrogen and oxygen atoms in total. The van der Waals surface area contributed by atoms with Crippen LogP contribution in [-0.4, -0.2) is 32.0 Å². The summed E-state index contributed by atoms with van der Waals surface area (Å²) >= 11 is 1.58. The van der Waals surface area contributed by atoms with Crippen LogP contribution in [0.1, 0.15) is 6.92 Å². The molecule has 4 aromatic rings. The highest BCUT2D eigenvalue weighted by molar-refractivity contribution is 7.99. The van der Waals surface area contributed by atoms with Crippen molar-refractivity contribution in [3.8, 4) is 17.3 Å². The van der Waals surface area contributed by atoms with Crippen molar-refractivity contribution in [2.24, 2.45) is 0 Å². The van der Waals surface area contributed by atoms with Gasteiger partial charge in [-0.2, -0.15) is 0 Å². The third-order valence-electron chi connectivity index (χ3n) is 3.78. The molecule has 0 aliphatic carbocycles. The molecular formula is C17H15N5O2S. The van der Waals surface area contributed by atoms with Gasteiger partial charge in [0.1, 0.15) is 22.5 Å². The zero-order valence-corrected chi connectivity index (χ0v) is 14.5. The van der Waals surface area contributed by atoms with Crippen LogP contribution in [0.2, 0.25) is 0 Å². The average molecular weight is 353 g/mol. The van der Waals surface area contributed by atoms with Crippen LogP contribution in [0.15, 0.2) is 57.3 Å². The summed E-state index contributed by atoms with van der Waals surface area (Å²) in [5, 5.41) is 8.44. The number of hydrogen-bond acceptors (Lipinski definition) is 7. The Hall–Kier alpha value is -2.87. The number of nitrogens with zero attached hydrogens (tertiary/aromatic N) is 5. The number of rotatable bonds is 5. The number of methoxy groups -OCH3 is 1. The maximum atomic E-state index is 5.27. The number of hydrogen-bond donors (Lipinski definition) is 0. The highest BCUT2D eigenvalue weighted by atomic mass is 32.2. The summed E-state index contributed by atoms with van der Waals surface area (Å²) in [5.74, 6) is 1.55. The van der Waals surface area contributed by atoms with E-state index in [-0.39, 0.29) is 0 Å². The fraction of sp³-hybridized carbons (Fsp3) is 0.176. The van der Waals surface area contributed by atoms with Crippen molar-refractivity contribution in [2.75, 3.05) is 7.11 Å². The van der Waals surface area contributed by atoms with E-state index in [0.29, 0.717) is 5.69 Å². The fourth-order valence-electron chi connectivity index (χ4n) is 2.63. The van der Waals surface area contributed by atoms with Crippen LogP contribution in [-0.2, 0) is 6.54 Å². The van der Waals surface area contributed by atoms with E-state index in [2.05, 4.69) is 31.8 Å². The standard InChI is InChI=1S/C17H15N5O2S/c1-3-22-15-8-16(25-12-6-4-5-11(7-12)23-2)18-9-13(15)20-17(22)14-10-19-24-21-14/h4-10H,3H2,1-2H3. The van der Waals surface area contributed by atoms with Gasteiger partial charge >= 0.3 is 0 Å². The molecule has 3 aromatic heterocycles. The first-order chi connectivity index (χ1) is 12.3. The van der Waals surface area contributed by atoms with Crippen molar-refractivity contribution in [2.45, 2.75) is 23.4 Å². The number of benzene rings is 1. The van der Waals surface area contributed by atoms with Crippen LogP contribution in [0, 0.1) is 0 Å². The molecule has 0 atom stereocenters. The van der Waals surface area contributed by atoms with Gasteiger partial charge in [0.25, 0.3) is 0 Å².